The van der Waals surface area contributed by atoms with Crippen LogP contribution >= 0.6 is 15.9 Å². The van der Waals surface area contributed by atoms with Crippen molar-refractivity contribution < 1.29 is 9.47 Å². The molecule has 0 radical (unpaired) electrons. The molecule has 0 saturated heterocycles. The molecule has 0 bridgehead atoms. The third-order valence-corrected chi connectivity index (χ3v) is 3.88. The standard InChI is InChI=1S/C15H24BrNO2/c1-15(2,7-8-17-3)12-5-6-14(13(16)11-12)19-10-9-18-4/h5-6,11,17H,7-10H2,1-4H3. The molecule has 1 N–H and O–H groups in total. The Morgan fingerprint density at radius 3 is 2.58 bits per heavy atom. The number of rotatable bonds is 8. The summed E-state index contributed by atoms with van der Waals surface area (Å²) >= 11 is 3.58. The Kier molecular flexibility index (Phi) is 6.83. The molecule has 0 aliphatic heterocycles. The lowest BCUT2D eigenvalue weighted by Gasteiger charge is -2.26. The van der Waals surface area contributed by atoms with E-state index < -0.39 is 0 Å². The lowest BCUT2D eigenvalue weighted by molar-refractivity contribution is 0.146. The van der Waals surface area contributed by atoms with Crippen molar-refractivity contribution in [2.45, 2.75) is 25.7 Å². The van der Waals surface area contributed by atoms with Crippen molar-refractivity contribution >= 4 is 15.9 Å². The van der Waals surface area contributed by atoms with E-state index in [-0.39, 0.29) is 5.41 Å². The third kappa shape index (κ3) is 5.13. The first-order valence-electron chi connectivity index (χ1n) is 6.57. The number of nitrogens with one attached hydrogen (secondary N) is 1. The van der Waals surface area contributed by atoms with Crippen LogP contribution in [0.4, 0.5) is 0 Å². The van der Waals surface area contributed by atoms with Gasteiger partial charge in [0.05, 0.1) is 11.1 Å². The van der Waals surface area contributed by atoms with Crippen LogP contribution in [-0.2, 0) is 10.2 Å². The number of halogens is 1. The maximum Gasteiger partial charge on any atom is 0.133 e. The van der Waals surface area contributed by atoms with Crippen molar-refractivity contribution in [1.29, 1.82) is 0 Å². The minimum atomic E-state index is 0.149. The van der Waals surface area contributed by atoms with Gasteiger partial charge in [-0.05, 0) is 59.1 Å². The van der Waals surface area contributed by atoms with Crippen molar-refractivity contribution in [3.05, 3.63) is 28.2 Å². The van der Waals surface area contributed by atoms with Crippen LogP contribution in [0.25, 0.3) is 0 Å². The van der Waals surface area contributed by atoms with E-state index in [1.807, 2.05) is 13.1 Å². The summed E-state index contributed by atoms with van der Waals surface area (Å²) in [6, 6.07) is 6.32. The molecule has 0 aliphatic rings. The zero-order chi connectivity index (χ0) is 14.3. The highest BCUT2D eigenvalue weighted by Gasteiger charge is 2.20. The van der Waals surface area contributed by atoms with Gasteiger partial charge in [-0.15, -0.1) is 0 Å². The highest BCUT2D eigenvalue weighted by Crippen LogP contribution is 2.33. The van der Waals surface area contributed by atoms with E-state index in [0.29, 0.717) is 13.2 Å². The van der Waals surface area contributed by atoms with Crippen molar-refractivity contribution in [2.75, 3.05) is 33.9 Å². The molecule has 0 aliphatic carbocycles. The summed E-state index contributed by atoms with van der Waals surface area (Å²) in [7, 11) is 3.66. The molecule has 1 rings (SSSR count). The molecule has 3 nitrogen and oxygen atoms in total. The first-order valence-corrected chi connectivity index (χ1v) is 7.37. The Bertz CT molecular complexity index is 394. The average molecular weight is 330 g/mol. The second kappa shape index (κ2) is 7.88. The maximum atomic E-state index is 5.64. The summed E-state index contributed by atoms with van der Waals surface area (Å²) < 4.78 is 11.6. The van der Waals surface area contributed by atoms with Crippen LogP contribution in [0.1, 0.15) is 25.8 Å². The number of ether oxygens (including phenoxy) is 2. The van der Waals surface area contributed by atoms with Crippen molar-refractivity contribution in [1.82, 2.24) is 5.32 Å². The van der Waals surface area contributed by atoms with E-state index in [2.05, 4.69) is 47.2 Å². The lowest BCUT2D eigenvalue weighted by atomic mass is 9.81. The number of hydrogen-bond donors (Lipinski definition) is 1. The topological polar surface area (TPSA) is 30.5 Å². The smallest absolute Gasteiger partial charge is 0.133 e. The average Bonchev–Trinajstić information content (AvgIpc) is 2.38. The molecule has 0 spiro atoms. The van der Waals surface area contributed by atoms with Gasteiger partial charge in [-0.1, -0.05) is 19.9 Å². The van der Waals surface area contributed by atoms with Crippen molar-refractivity contribution in [3.8, 4) is 5.75 Å². The van der Waals surface area contributed by atoms with Crippen LogP contribution in [0, 0.1) is 0 Å². The fourth-order valence-electron chi connectivity index (χ4n) is 1.86. The first-order chi connectivity index (χ1) is 9.01. The second-order valence-electron chi connectivity index (χ2n) is 5.22. The summed E-state index contributed by atoms with van der Waals surface area (Å²) in [5.74, 6) is 0.866. The number of benzene rings is 1. The SMILES string of the molecule is CNCCC(C)(C)c1ccc(OCCOC)c(Br)c1. The van der Waals surface area contributed by atoms with Gasteiger partial charge in [-0.25, -0.2) is 0 Å². The number of hydrogen-bond acceptors (Lipinski definition) is 3. The second-order valence-corrected chi connectivity index (χ2v) is 6.08. The van der Waals surface area contributed by atoms with E-state index in [4.69, 9.17) is 9.47 Å². The van der Waals surface area contributed by atoms with E-state index in [0.717, 1.165) is 23.2 Å². The molecule has 0 fully saturated rings. The summed E-state index contributed by atoms with van der Waals surface area (Å²) in [4.78, 5) is 0. The van der Waals surface area contributed by atoms with Gasteiger partial charge in [-0.2, -0.15) is 0 Å². The molecule has 4 heteroatoms. The predicted molar refractivity (Wildman–Crippen MR) is 83.1 cm³/mol. The van der Waals surface area contributed by atoms with E-state index in [1.54, 1.807) is 7.11 Å². The normalized spacial score (nSPS) is 11.6. The molecule has 1 aromatic carbocycles. The van der Waals surface area contributed by atoms with Crippen LogP contribution < -0.4 is 10.1 Å². The Labute approximate surface area is 124 Å². The van der Waals surface area contributed by atoms with E-state index >= 15 is 0 Å². The van der Waals surface area contributed by atoms with Gasteiger partial charge >= 0.3 is 0 Å². The molecule has 19 heavy (non-hydrogen) atoms. The molecule has 0 aromatic heterocycles. The largest absolute Gasteiger partial charge is 0.490 e. The Morgan fingerprint density at radius 2 is 2.00 bits per heavy atom. The molecule has 108 valence electrons. The minimum absolute atomic E-state index is 0.149. The Hall–Kier alpha value is -0.580. The minimum Gasteiger partial charge on any atom is -0.490 e. The van der Waals surface area contributed by atoms with E-state index in [9.17, 15) is 0 Å². The van der Waals surface area contributed by atoms with Gasteiger partial charge in [0.2, 0.25) is 0 Å². The van der Waals surface area contributed by atoms with Gasteiger partial charge in [-0.3, -0.25) is 0 Å². The van der Waals surface area contributed by atoms with Crippen molar-refractivity contribution in [3.63, 3.8) is 0 Å². The van der Waals surface area contributed by atoms with Crippen LogP contribution in [0.5, 0.6) is 5.75 Å². The highest BCUT2D eigenvalue weighted by molar-refractivity contribution is 9.10. The lowest BCUT2D eigenvalue weighted by Crippen LogP contribution is -2.23. The molecule has 0 atom stereocenters. The van der Waals surface area contributed by atoms with Gasteiger partial charge in [0.25, 0.3) is 0 Å². The third-order valence-electron chi connectivity index (χ3n) is 3.26. The van der Waals surface area contributed by atoms with Gasteiger partial charge in [0.15, 0.2) is 0 Å². The van der Waals surface area contributed by atoms with Gasteiger partial charge in [0.1, 0.15) is 12.4 Å². The molecular formula is C15H24BrNO2. The zero-order valence-electron chi connectivity index (χ0n) is 12.3. The molecule has 0 unspecified atom stereocenters. The van der Waals surface area contributed by atoms with E-state index in [1.165, 1.54) is 5.56 Å². The predicted octanol–water partition coefficient (Wildman–Crippen LogP) is 3.36. The van der Waals surface area contributed by atoms with Gasteiger partial charge < -0.3 is 14.8 Å². The number of methoxy groups -OCH3 is 1. The fourth-order valence-corrected chi connectivity index (χ4v) is 2.35. The Balaban J connectivity index is 2.75. The molecule has 0 heterocycles. The Morgan fingerprint density at radius 1 is 1.26 bits per heavy atom. The molecule has 0 saturated carbocycles. The van der Waals surface area contributed by atoms with Crippen LogP contribution in [0.2, 0.25) is 0 Å². The quantitative estimate of drug-likeness (QED) is 0.742. The summed E-state index contributed by atoms with van der Waals surface area (Å²) in [6.45, 7) is 6.70. The summed E-state index contributed by atoms with van der Waals surface area (Å²) in [6.07, 6.45) is 1.10. The summed E-state index contributed by atoms with van der Waals surface area (Å²) in [5, 5.41) is 3.20. The highest BCUT2D eigenvalue weighted by atomic mass is 79.9. The monoisotopic (exact) mass is 329 g/mol. The fraction of sp³-hybridized carbons (Fsp3) is 0.600. The van der Waals surface area contributed by atoms with Crippen LogP contribution in [0.15, 0.2) is 22.7 Å². The summed E-state index contributed by atoms with van der Waals surface area (Å²) in [5.41, 5.74) is 1.46. The zero-order valence-corrected chi connectivity index (χ0v) is 13.8. The molecule has 0 amide bonds. The molecule has 1 aromatic rings. The first kappa shape index (κ1) is 16.5. The maximum absolute atomic E-state index is 5.64. The van der Waals surface area contributed by atoms with Crippen molar-refractivity contribution in [2.24, 2.45) is 0 Å². The van der Waals surface area contributed by atoms with Crippen LogP contribution in [-0.4, -0.2) is 33.9 Å². The van der Waals surface area contributed by atoms with Gasteiger partial charge in [0, 0.05) is 7.11 Å². The molecular weight excluding hydrogens is 306 g/mol. The van der Waals surface area contributed by atoms with Crippen LogP contribution in [0.3, 0.4) is 0 Å².